The van der Waals surface area contributed by atoms with Gasteiger partial charge in [-0.3, -0.25) is 9.59 Å². The van der Waals surface area contributed by atoms with Crippen molar-refractivity contribution >= 4 is 23.3 Å². The Morgan fingerprint density at radius 3 is 2.83 bits per heavy atom. The molecule has 0 aliphatic carbocycles. The number of benzene rings is 2. The standard InChI is InChI=1S/C18H18N2O3/c21-17(10-13-11-19-16-7-2-1-6-15(13)16)20-14-5-3-4-12(8-14)9-18(22)23/h1-8,13,19H,9-11H2,(H,20,21)(H,22,23). The van der Waals surface area contributed by atoms with Crippen LogP contribution in [-0.2, 0) is 16.0 Å². The van der Waals surface area contributed by atoms with Crippen molar-refractivity contribution in [1.82, 2.24) is 0 Å². The van der Waals surface area contributed by atoms with Gasteiger partial charge in [0.25, 0.3) is 0 Å². The Morgan fingerprint density at radius 1 is 1.17 bits per heavy atom. The normalized spacial score (nSPS) is 15.6. The molecule has 5 heteroatoms. The maximum atomic E-state index is 12.3. The second kappa shape index (κ2) is 6.52. The monoisotopic (exact) mass is 310 g/mol. The topological polar surface area (TPSA) is 78.4 Å². The zero-order valence-corrected chi connectivity index (χ0v) is 12.6. The lowest BCUT2D eigenvalue weighted by Crippen LogP contribution is -2.16. The Labute approximate surface area is 134 Å². The highest BCUT2D eigenvalue weighted by Crippen LogP contribution is 2.33. The summed E-state index contributed by atoms with van der Waals surface area (Å²) < 4.78 is 0. The molecule has 0 spiro atoms. The van der Waals surface area contributed by atoms with Crippen LogP contribution in [-0.4, -0.2) is 23.5 Å². The van der Waals surface area contributed by atoms with Crippen molar-refractivity contribution in [1.29, 1.82) is 0 Å². The molecular formula is C18H18N2O3. The van der Waals surface area contributed by atoms with E-state index in [4.69, 9.17) is 5.11 Å². The summed E-state index contributed by atoms with van der Waals surface area (Å²) in [6.07, 6.45) is 0.344. The Bertz CT molecular complexity index is 743. The number of anilines is 2. The molecule has 2 aromatic carbocycles. The minimum absolute atomic E-state index is 0.0520. The molecule has 0 saturated heterocycles. The molecule has 1 aliphatic rings. The first kappa shape index (κ1) is 15.1. The zero-order valence-electron chi connectivity index (χ0n) is 12.6. The highest BCUT2D eigenvalue weighted by atomic mass is 16.4. The summed E-state index contributed by atoms with van der Waals surface area (Å²) in [5.74, 6) is -0.795. The summed E-state index contributed by atoms with van der Waals surface area (Å²) >= 11 is 0. The van der Waals surface area contributed by atoms with Gasteiger partial charge in [-0.1, -0.05) is 30.3 Å². The van der Waals surface area contributed by atoms with Gasteiger partial charge in [0.05, 0.1) is 6.42 Å². The number of hydrogen-bond donors (Lipinski definition) is 3. The largest absolute Gasteiger partial charge is 0.481 e. The molecule has 1 unspecified atom stereocenters. The van der Waals surface area contributed by atoms with E-state index < -0.39 is 5.97 Å². The number of hydrogen-bond acceptors (Lipinski definition) is 3. The number of aliphatic carboxylic acids is 1. The second-order valence-corrected chi connectivity index (χ2v) is 5.69. The number of amides is 1. The molecule has 0 bridgehead atoms. The number of carboxylic acid groups (broad SMARTS) is 1. The molecule has 1 aliphatic heterocycles. The molecule has 23 heavy (non-hydrogen) atoms. The summed E-state index contributed by atoms with van der Waals surface area (Å²) in [6, 6.07) is 15.0. The average molecular weight is 310 g/mol. The van der Waals surface area contributed by atoms with Gasteiger partial charge in [0, 0.05) is 30.3 Å². The zero-order chi connectivity index (χ0) is 16.2. The molecule has 1 atom stereocenters. The van der Waals surface area contributed by atoms with Crippen LogP contribution in [0, 0.1) is 0 Å². The first-order chi connectivity index (χ1) is 11.1. The number of fused-ring (bicyclic) bond motifs is 1. The van der Waals surface area contributed by atoms with Gasteiger partial charge in [-0.05, 0) is 29.3 Å². The van der Waals surface area contributed by atoms with Crippen LogP contribution in [0.25, 0.3) is 0 Å². The predicted molar refractivity (Wildman–Crippen MR) is 88.7 cm³/mol. The predicted octanol–water partition coefficient (Wildman–Crippen LogP) is 2.85. The highest BCUT2D eigenvalue weighted by molar-refractivity contribution is 5.91. The van der Waals surface area contributed by atoms with Crippen molar-refractivity contribution in [3.8, 4) is 0 Å². The van der Waals surface area contributed by atoms with E-state index in [-0.39, 0.29) is 18.2 Å². The van der Waals surface area contributed by atoms with Crippen molar-refractivity contribution in [2.75, 3.05) is 17.2 Å². The first-order valence-electron chi connectivity index (χ1n) is 7.55. The number of carbonyl (C=O) groups is 2. The van der Waals surface area contributed by atoms with Crippen LogP contribution in [0.3, 0.4) is 0 Å². The fourth-order valence-electron chi connectivity index (χ4n) is 2.91. The molecule has 1 heterocycles. The van der Waals surface area contributed by atoms with Crippen molar-refractivity contribution in [2.24, 2.45) is 0 Å². The summed E-state index contributed by atoms with van der Waals surface area (Å²) in [7, 11) is 0. The molecule has 1 amide bonds. The minimum atomic E-state index is -0.887. The van der Waals surface area contributed by atoms with Crippen LogP contribution in [0.5, 0.6) is 0 Å². The third-order valence-corrected chi connectivity index (χ3v) is 3.94. The average Bonchev–Trinajstić information content (AvgIpc) is 2.90. The maximum Gasteiger partial charge on any atom is 0.307 e. The van der Waals surface area contributed by atoms with Crippen molar-refractivity contribution in [2.45, 2.75) is 18.8 Å². The van der Waals surface area contributed by atoms with E-state index in [0.717, 1.165) is 12.2 Å². The van der Waals surface area contributed by atoms with E-state index in [9.17, 15) is 9.59 Å². The van der Waals surface area contributed by atoms with Gasteiger partial charge in [-0.25, -0.2) is 0 Å². The van der Waals surface area contributed by atoms with Crippen molar-refractivity contribution in [3.05, 3.63) is 59.7 Å². The van der Waals surface area contributed by atoms with Crippen molar-refractivity contribution < 1.29 is 14.7 Å². The second-order valence-electron chi connectivity index (χ2n) is 5.69. The Morgan fingerprint density at radius 2 is 2.00 bits per heavy atom. The molecule has 118 valence electrons. The SMILES string of the molecule is O=C(O)Cc1cccc(NC(=O)CC2CNc3ccccc32)c1. The van der Waals surface area contributed by atoms with Crippen LogP contribution in [0.1, 0.15) is 23.5 Å². The van der Waals surface area contributed by atoms with Gasteiger partial charge in [0.1, 0.15) is 0 Å². The number of nitrogens with one attached hydrogen (secondary N) is 2. The minimum Gasteiger partial charge on any atom is -0.481 e. The fourth-order valence-corrected chi connectivity index (χ4v) is 2.91. The van der Waals surface area contributed by atoms with E-state index >= 15 is 0 Å². The molecule has 0 saturated carbocycles. The van der Waals surface area contributed by atoms with E-state index in [0.29, 0.717) is 17.7 Å². The summed E-state index contributed by atoms with van der Waals surface area (Å²) in [5, 5.41) is 15.0. The molecule has 0 radical (unpaired) electrons. The van der Waals surface area contributed by atoms with Gasteiger partial charge in [-0.15, -0.1) is 0 Å². The molecule has 2 aromatic rings. The lowest BCUT2D eigenvalue weighted by molar-refractivity contribution is -0.136. The molecule has 3 N–H and O–H groups in total. The smallest absolute Gasteiger partial charge is 0.307 e. The van der Waals surface area contributed by atoms with Crippen LogP contribution in [0.4, 0.5) is 11.4 Å². The first-order valence-corrected chi connectivity index (χ1v) is 7.55. The third-order valence-electron chi connectivity index (χ3n) is 3.94. The van der Waals surface area contributed by atoms with Crippen LogP contribution >= 0.6 is 0 Å². The van der Waals surface area contributed by atoms with E-state index in [1.54, 1.807) is 24.3 Å². The van der Waals surface area contributed by atoms with Gasteiger partial charge >= 0.3 is 5.97 Å². The van der Waals surface area contributed by atoms with Gasteiger partial charge in [-0.2, -0.15) is 0 Å². The Balaban J connectivity index is 1.63. The van der Waals surface area contributed by atoms with E-state index in [1.807, 2.05) is 24.3 Å². The Kier molecular flexibility index (Phi) is 4.28. The molecular weight excluding hydrogens is 292 g/mol. The number of para-hydroxylation sites is 1. The van der Waals surface area contributed by atoms with Gasteiger partial charge in [0.15, 0.2) is 0 Å². The summed E-state index contributed by atoms with van der Waals surface area (Å²) in [4.78, 5) is 23.0. The molecule has 0 fully saturated rings. The van der Waals surface area contributed by atoms with E-state index in [1.165, 1.54) is 5.56 Å². The lowest BCUT2D eigenvalue weighted by Gasteiger charge is -2.11. The number of rotatable bonds is 5. The van der Waals surface area contributed by atoms with E-state index in [2.05, 4.69) is 10.6 Å². The van der Waals surface area contributed by atoms with Crippen LogP contribution < -0.4 is 10.6 Å². The molecule has 3 rings (SSSR count). The van der Waals surface area contributed by atoms with Crippen LogP contribution in [0.15, 0.2) is 48.5 Å². The summed E-state index contributed by atoms with van der Waals surface area (Å²) in [5.41, 5.74) is 3.56. The molecule has 0 aromatic heterocycles. The van der Waals surface area contributed by atoms with Gasteiger partial charge in [0.2, 0.25) is 5.91 Å². The fraction of sp³-hybridized carbons (Fsp3) is 0.222. The summed E-state index contributed by atoms with van der Waals surface area (Å²) in [6.45, 7) is 0.756. The van der Waals surface area contributed by atoms with Crippen molar-refractivity contribution in [3.63, 3.8) is 0 Å². The lowest BCUT2D eigenvalue weighted by atomic mass is 9.97. The quantitative estimate of drug-likeness (QED) is 0.793. The maximum absolute atomic E-state index is 12.3. The van der Waals surface area contributed by atoms with Gasteiger partial charge < -0.3 is 15.7 Å². The molecule has 5 nitrogen and oxygen atoms in total. The number of carboxylic acids is 1. The van der Waals surface area contributed by atoms with Crippen LogP contribution in [0.2, 0.25) is 0 Å². The highest BCUT2D eigenvalue weighted by Gasteiger charge is 2.23. The number of carbonyl (C=O) groups excluding carboxylic acids is 1. The Hall–Kier alpha value is -2.82. The third kappa shape index (κ3) is 3.69.